The highest BCUT2D eigenvalue weighted by Crippen LogP contribution is 2.60. The zero-order valence-electron chi connectivity index (χ0n) is 16.6. The molecule has 5 rings (SSSR count). The molecule has 2 aromatic rings. The van der Waals surface area contributed by atoms with E-state index in [1.165, 1.54) is 0 Å². The summed E-state index contributed by atoms with van der Waals surface area (Å²) in [5.74, 6) is -1.64. The van der Waals surface area contributed by atoms with Crippen molar-refractivity contribution in [1.29, 1.82) is 0 Å². The van der Waals surface area contributed by atoms with Gasteiger partial charge in [0.2, 0.25) is 5.91 Å². The molecule has 6 nitrogen and oxygen atoms in total. The number of anilines is 2. The van der Waals surface area contributed by atoms with E-state index < -0.39 is 11.8 Å². The Morgan fingerprint density at radius 1 is 1.10 bits per heavy atom. The summed E-state index contributed by atoms with van der Waals surface area (Å²) in [6, 6.07) is 12.1. The van der Waals surface area contributed by atoms with Gasteiger partial charge in [0.25, 0.3) is 5.91 Å². The van der Waals surface area contributed by atoms with Crippen LogP contribution in [0.1, 0.15) is 22.3 Å². The third kappa shape index (κ3) is 3.34. The lowest BCUT2D eigenvalue weighted by atomic mass is 9.79. The Bertz CT molecular complexity index is 1110. The average Bonchev–Trinajstić information content (AvgIpc) is 3.35. The van der Waals surface area contributed by atoms with Crippen molar-refractivity contribution < 1.29 is 19.1 Å². The van der Waals surface area contributed by atoms with E-state index in [2.05, 4.69) is 26.6 Å². The van der Waals surface area contributed by atoms with Crippen LogP contribution in [0.3, 0.4) is 0 Å². The quantitative estimate of drug-likeness (QED) is 0.478. The monoisotopic (exact) mass is 502 g/mol. The number of benzene rings is 2. The maximum atomic E-state index is 13.2. The fraction of sp³-hybridized carbons (Fsp3) is 0.348. The van der Waals surface area contributed by atoms with Gasteiger partial charge in [-0.05, 0) is 49.1 Å². The predicted molar refractivity (Wildman–Crippen MR) is 120 cm³/mol. The molecule has 6 atom stereocenters. The fourth-order valence-corrected chi connectivity index (χ4v) is 6.47. The van der Waals surface area contributed by atoms with Gasteiger partial charge in [-0.3, -0.25) is 14.4 Å². The first-order valence-electron chi connectivity index (χ1n) is 10.2. The van der Waals surface area contributed by atoms with Crippen molar-refractivity contribution in [1.82, 2.24) is 0 Å². The molecule has 0 radical (unpaired) electrons. The molecule has 2 saturated carbocycles. The van der Waals surface area contributed by atoms with Crippen LogP contribution in [0.15, 0.2) is 42.5 Å². The smallest absolute Gasteiger partial charge is 0.310 e. The van der Waals surface area contributed by atoms with Crippen LogP contribution in [-0.2, 0) is 14.3 Å². The van der Waals surface area contributed by atoms with E-state index in [9.17, 15) is 14.4 Å². The molecular weight excluding hydrogens is 484 g/mol. The first-order chi connectivity index (χ1) is 14.8. The number of rotatable bonds is 4. The summed E-state index contributed by atoms with van der Waals surface area (Å²) in [6.07, 6.45) is 0.663. The number of hydrogen-bond acceptors (Lipinski definition) is 4. The van der Waals surface area contributed by atoms with E-state index in [-0.39, 0.29) is 40.6 Å². The first kappa shape index (κ1) is 20.5. The summed E-state index contributed by atoms with van der Waals surface area (Å²) in [4.78, 5) is 38.5. The number of ether oxygens (including phenoxy) is 1. The fourth-order valence-electron chi connectivity index (χ4n) is 5.26. The molecule has 2 aromatic carbocycles. The van der Waals surface area contributed by atoms with Gasteiger partial charge in [-0.1, -0.05) is 45.7 Å². The Hall–Kier alpha value is -2.38. The number of hydrogen-bond donors (Lipinski definition) is 2. The molecule has 160 valence electrons. The second-order valence-electron chi connectivity index (χ2n) is 8.41. The zero-order valence-corrected chi connectivity index (χ0v) is 18.9. The van der Waals surface area contributed by atoms with Crippen molar-refractivity contribution in [2.75, 3.05) is 10.6 Å². The van der Waals surface area contributed by atoms with E-state index in [0.717, 1.165) is 12.0 Å². The van der Waals surface area contributed by atoms with Crippen LogP contribution in [0.2, 0.25) is 5.02 Å². The van der Waals surface area contributed by atoms with Crippen LogP contribution in [0, 0.1) is 30.6 Å². The van der Waals surface area contributed by atoms with E-state index >= 15 is 0 Å². The zero-order chi connectivity index (χ0) is 21.9. The van der Waals surface area contributed by atoms with Gasteiger partial charge in [0.1, 0.15) is 6.10 Å². The molecule has 31 heavy (non-hydrogen) atoms. The highest BCUT2D eigenvalue weighted by Gasteiger charge is 2.67. The second-order valence-corrected chi connectivity index (χ2v) is 9.90. The van der Waals surface area contributed by atoms with Crippen LogP contribution in [0.4, 0.5) is 11.4 Å². The summed E-state index contributed by atoms with van der Waals surface area (Å²) < 4.78 is 5.49. The van der Waals surface area contributed by atoms with E-state index in [4.69, 9.17) is 16.3 Å². The molecule has 0 unspecified atom stereocenters. The normalized spacial score (nSPS) is 30.2. The summed E-state index contributed by atoms with van der Waals surface area (Å²) in [6.45, 7) is 1.87. The molecule has 2 aliphatic carbocycles. The maximum Gasteiger partial charge on any atom is 0.310 e. The summed E-state index contributed by atoms with van der Waals surface area (Å²) in [7, 11) is 0. The maximum absolute atomic E-state index is 13.2. The first-order valence-corrected chi connectivity index (χ1v) is 11.5. The Morgan fingerprint density at radius 2 is 1.87 bits per heavy atom. The molecule has 1 saturated heterocycles. The minimum absolute atomic E-state index is 0.0136. The molecule has 0 aromatic heterocycles. The van der Waals surface area contributed by atoms with E-state index in [1.807, 2.05) is 13.0 Å². The topological polar surface area (TPSA) is 84.5 Å². The lowest BCUT2D eigenvalue weighted by molar-refractivity contribution is -0.145. The van der Waals surface area contributed by atoms with Gasteiger partial charge in [0.05, 0.1) is 27.9 Å². The predicted octanol–water partition coefficient (Wildman–Crippen LogP) is 4.41. The number of alkyl halides is 1. The molecule has 2 amide bonds. The molecule has 0 spiro atoms. The molecule has 3 fully saturated rings. The van der Waals surface area contributed by atoms with Gasteiger partial charge < -0.3 is 15.4 Å². The molecular formula is C23H20BrClN2O4. The summed E-state index contributed by atoms with van der Waals surface area (Å²) in [5.41, 5.74) is 2.22. The lowest BCUT2D eigenvalue weighted by Gasteiger charge is -2.27. The summed E-state index contributed by atoms with van der Waals surface area (Å²) in [5, 5.41) is 6.28. The van der Waals surface area contributed by atoms with Crippen molar-refractivity contribution >= 4 is 56.7 Å². The molecule has 8 heteroatoms. The van der Waals surface area contributed by atoms with Crippen LogP contribution < -0.4 is 10.6 Å². The molecule has 1 aliphatic heterocycles. The van der Waals surface area contributed by atoms with Crippen LogP contribution >= 0.6 is 27.5 Å². The van der Waals surface area contributed by atoms with Crippen molar-refractivity contribution in [3.8, 4) is 0 Å². The van der Waals surface area contributed by atoms with Crippen molar-refractivity contribution in [2.24, 2.45) is 23.7 Å². The van der Waals surface area contributed by atoms with Gasteiger partial charge in [-0.15, -0.1) is 0 Å². The third-order valence-corrected chi connectivity index (χ3v) is 8.14. The Kier molecular flexibility index (Phi) is 5.06. The standard InChI is InChI=1S/C23H20BrClN2O4/c1-10-6-7-11(25)8-16(10)27-21(28)12-4-2-3-5-15(12)26-22(29)17-13-9-14-18(17)23(30)31-20(14)19(13)24/h2-8,13-14,17-20H,9H2,1H3,(H,26,29)(H,27,28)/t13-,14-,17-,18-,19-,20+/m1/s1. The third-order valence-electron chi connectivity index (χ3n) is 6.70. The number of nitrogens with one attached hydrogen (secondary N) is 2. The lowest BCUT2D eigenvalue weighted by Crippen LogP contribution is -2.40. The highest BCUT2D eigenvalue weighted by molar-refractivity contribution is 9.09. The van der Waals surface area contributed by atoms with Crippen molar-refractivity contribution in [3.63, 3.8) is 0 Å². The van der Waals surface area contributed by atoms with Gasteiger partial charge >= 0.3 is 5.97 Å². The number of para-hydroxylation sites is 1. The highest BCUT2D eigenvalue weighted by atomic mass is 79.9. The van der Waals surface area contributed by atoms with Crippen molar-refractivity contribution in [3.05, 3.63) is 58.6 Å². The number of fused-ring (bicyclic) bond motifs is 1. The number of amides is 2. The minimum Gasteiger partial charge on any atom is -0.461 e. The average molecular weight is 504 g/mol. The minimum atomic E-state index is -0.466. The van der Waals surface area contributed by atoms with E-state index in [1.54, 1.807) is 36.4 Å². The number of carbonyl (C=O) groups is 3. The van der Waals surface area contributed by atoms with Gasteiger partial charge in [0.15, 0.2) is 0 Å². The Morgan fingerprint density at radius 3 is 2.68 bits per heavy atom. The Labute approximate surface area is 192 Å². The number of aryl methyl sites for hydroxylation is 1. The van der Waals surface area contributed by atoms with Crippen LogP contribution in [-0.4, -0.2) is 28.7 Å². The Balaban J connectivity index is 1.38. The van der Waals surface area contributed by atoms with Gasteiger partial charge in [0, 0.05) is 16.6 Å². The largest absolute Gasteiger partial charge is 0.461 e. The molecule has 2 bridgehead atoms. The number of halogens is 2. The molecule has 3 aliphatic rings. The van der Waals surface area contributed by atoms with Crippen molar-refractivity contribution in [2.45, 2.75) is 24.3 Å². The molecule has 2 N–H and O–H groups in total. The van der Waals surface area contributed by atoms with Gasteiger partial charge in [-0.25, -0.2) is 0 Å². The van der Waals surface area contributed by atoms with E-state index in [0.29, 0.717) is 22.0 Å². The number of esters is 1. The molecule has 1 heterocycles. The SMILES string of the molecule is Cc1ccc(Cl)cc1NC(=O)c1ccccc1NC(=O)[C@@H]1[C@H]2C[C@H]3[C@H](OC(=O)[C@H]31)[C@@H]2Br. The van der Waals surface area contributed by atoms with Crippen LogP contribution in [0.5, 0.6) is 0 Å². The second kappa shape index (κ2) is 7.64. The van der Waals surface area contributed by atoms with Crippen LogP contribution in [0.25, 0.3) is 0 Å². The number of carbonyl (C=O) groups excluding carboxylic acids is 3. The van der Waals surface area contributed by atoms with Gasteiger partial charge in [-0.2, -0.15) is 0 Å². The summed E-state index contributed by atoms with van der Waals surface area (Å²) >= 11 is 9.68.